The lowest BCUT2D eigenvalue weighted by molar-refractivity contribution is -0.896. The Morgan fingerprint density at radius 2 is 1.66 bits per heavy atom. The number of sulfonamides is 1. The van der Waals surface area contributed by atoms with Gasteiger partial charge in [-0.15, -0.1) is 0 Å². The molecule has 3 fully saturated rings. The molecular weight excluding hydrogens is 386 g/mol. The average Bonchev–Trinajstić information content (AvgIpc) is 2.74. The summed E-state index contributed by atoms with van der Waals surface area (Å²) in [6, 6.07) is 9.81. The van der Waals surface area contributed by atoms with E-state index in [1.54, 1.807) is 4.31 Å². The number of fused-ring (bicyclic) bond motifs is 1. The van der Waals surface area contributed by atoms with Crippen LogP contribution >= 0.6 is 0 Å². The molecule has 4 rings (SSSR count). The first kappa shape index (κ1) is 20.8. The van der Waals surface area contributed by atoms with E-state index >= 15 is 0 Å². The maximum absolute atomic E-state index is 13.0. The molecule has 2 aliphatic heterocycles. The highest BCUT2D eigenvalue weighted by Gasteiger charge is 2.37. The molecule has 1 aliphatic carbocycles. The molecule has 160 valence electrons. The molecule has 0 aromatic heterocycles. The minimum atomic E-state index is -3.30. The van der Waals surface area contributed by atoms with Crippen molar-refractivity contribution in [3.63, 3.8) is 0 Å². The van der Waals surface area contributed by atoms with Gasteiger partial charge in [0.2, 0.25) is 10.0 Å². The summed E-state index contributed by atoms with van der Waals surface area (Å²) in [5, 5.41) is 0. The summed E-state index contributed by atoms with van der Waals surface area (Å²) in [5.74, 6) is 1.03. The Morgan fingerprint density at radius 3 is 2.41 bits per heavy atom. The number of piperazine rings is 1. The first-order valence-corrected chi connectivity index (χ1v) is 12.8. The molecular formula is C22H34N3O3S+. The van der Waals surface area contributed by atoms with Crippen LogP contribution in [-0.2, 0) is 20.6 Å². The molecule has 6 nitrogen and oxygen atoms in total. The van der Waals surface area contributed by atoms with Gasteiger partial charge in [0, 0.05) is 12.6 Å². The van der Waals surface area contributed by atoms with E-state index in [9.17, 15) is 13.2 Å². The van der Waals surface area contributed by atoms with Crippen LogP contribution < -0.4 is 4.90 Å². The van der Waals surface area contributed by atoms with Gasteiger partial charge >= 0.3 is 0 Å². The molecule has 0 unspecified atom stereocenters. The molecule has 1 saturated carbocycles. The largest absolute Gasteiger partial charge is 0.335 e. The van der Waals surface area contributed by atoms with Crippen molar-refractivity contribution in [2.45, 2.75) is 50.3 Å². The predicted molar refractivity (Wildman–Crippen MR) is 113 cm³/mol. The first-order valence-electron chi connectivity index (χ1n) is 11.2. The van der Waals surface area contributed by atoms with Gasteiger partial charge in [0.1, 0.15) is 0 Å². The number of carbonyl (C=O) groups excluding carboxylic acids is 1. The van der Waals surface area contributed by atoms with E-state index in [1.165, 1.54) is 30.6 Å². The van der Waals surface area contributed by atoms with Crippen molar-refractivity contribution < 1.29 is 18.1 Å². The van der Waals surface area contributed by atoms with Crippen LogP contribution in [0.4, 0.5) is 0 Å². The van der Waals surface area contributed by atoms with Crippen molar-refractivity contribution in [3.8, 4) is 0 Å². The highest BCUT2D eigenvalue weighted by Crippen LogP contribution is 2.35. The molecule has 1 amide bonds. The van der Waals surface area contributed by atoms with Gasteiger partial charge in [0.25, 0.3) is 5.91 Å². The van der Waals surface area contributed by atoms with Crippen LogP contribution in [-0.4, -0.2) is 68.8 Å². The quantitative estimate of drug-likeness (QED) is 0.770. The van der Waals surface area contributed by atoms with E-state index in [2.05, 4.69) is 4.90 Å². The number of rotatable bonds is 5. The standard InChI is InChI=1S/C22H33N3O3S/c26-22(25-12-6-10-20-9-4-5-11-21(20)25)17-23-13-15-24(16-14-23)29(27,28)18-19-7-2-1-3-8-19/h1-3,7-8,20-21H,4-6,9-18H2/p+1/t20-,21+/m0/s1. The van der Waals surface area contributed by atoms with Crippen molar-refractivity contribution in [2.24, 2.45) is 5.92 Å². The van der Waals surface area contributed by atoms with Gasteiger partial charge in [0.15, 0.2) is 6.54 Å². The van der Waals surface area contributed by atoms with Crippen molar-refractivity contribution in [1.82, 2.24) is 9.21 Å². The zero-order valence-electron chi connectivity index (χ0n) is 17.3. The number of nitrogens with zero attached hydrogens (tertiary/aromatic N) is 2. The summed E-state index contributed by atoms with van der Waals surface area (Å²) in [7, 11) is -3.30. The van der Waals surface area contributed by atoms with E-state index in [0.717, 1.165) is 24.9 Å². The van der Waals surface area contributed by atoms with E-state index in [1.807, 2.05) is 30.3 Å². The Kier molecular flexibility index (Phi) is 6.56. The Labute approximate surface area is 174 Å². The van der Waals surface area contributed by atoms with Crippen molar-refractivity contribution in [1.29, 1.82) is 0 Å². The van der Waals surface area contributed by atoms with Crippen LogP contribution in [0.2, 0.25) is 0 Å². The number of likely N-dealkylation sites (tertiary alicyclic amines) is 1. The molecule has 29 heavy (non-hydrogen) atoms. The number of piperidine rings is 1. The lowest BCUT2D eigenvalue weighted by Crippen LogP contribution is -3.15. The summed E-state index contributed by atoms with van der Waals surface area (Å²) in [4.78, 5) is 16.4. The number of carbonyl (C=O) groups is 1. The number of benzene rings is 1. The van der Waals surface area contributed by atoms with Crippen LogP contribution in [0.5, 0.6) is 0 Å². The molecule has 2 heterocycles. The maximum atomic E-state index is 13.0. The number of hydrogen-bond acceptors (Lipinski definition) is 3. The lowest BCUT2D eigenvalue weighted by atomic mass is 9.78. The summed E-state index contributed by atoms with van der Waals surface area (Å²) >= 11 is 0. The van der Waals surface area contributed by atoms with Crippen LogP contribution in [0.1, 0.15) is 44.1 Å². The van der Waals surface area contributed by atoms with Crippen LogP contribution in [0.25, 0.3) is 0 Å². The fourth-order valence-corrected chi connectivity index (χ4v) is 6.92. The van der Waals surface area contributed by atoms with Crippen LogP contribution in [0.3, 0.4) is 0 Å². The predicted octanol–water partition coefficient (Wildman–Crippen LogP) is 0.898. The summed E-state index contributed by atoms with van der Waals surface area (Å²) in [6.45, 7) is 3.84. The van der Waals surface area contributed by atoms with E-state index in [-0.39, 0.29) is 11.7 Å². The normalized spacial score (nSPS) is 26.8. The Morgan fingerprint density at radius 1 is 0.966 bits per heavy atom. The molecule has 1 aromatic carbocycles. The number of hydrogen-bond donors (Lipinski definition) is 1. The summed E-state index contributed by atoms with van der Waals surface area (Å²) < 4.78 is 27.1. The zero-order valence-corrected chi connectivity index (χ0v) is 18.1. The fraction of sp³-hybridized carbons (Fsp3) is 0.682. The second kappa shape index (κ2) is 9.14. The van der Waals surface area contributed by atoms with Gasteiger partial charge in [-0.05, 0) is 37.2 Å². The molecule has 2 atom stereocenters. The van der Waals surface area contributed by atoms with Crippen molar-refractivity contribution in [3.05, 3.63) is 35.9 Å². The van der Waals surface area contributed by atoms with Gasteiger partial charge in [-0.25, -0.2) is 8.42 Å². The van der Waals surface area contributed by atoms with E-state index < -0.39 is 10.0 Å². The highest BCUT2D eigenvalue weighted by molar-refractivity contribution is 7.88. The van der Waals surface area contributed by atoms with Gasteiger partial charge in [-0.2, -0.15) is 4.31 Å². The average molecular weight is 421 g/mol. The highest BCUT2D eigenvalue weighted by atomic mass is 32.2. The summed E-state index contributed by atoms with van der Waals surface area (Å²) in [6.07, 6.45) is 7.41. The SMILES string of the molecule is O=C(C[NH+]1CCN(S(=O)(=O)Cc2ccccc2)CC1)N1CCC[C@@H]2CCCC[C@H]21. The Balaban J connectivity index is 1.29. The van der Waals surface area contributed by atoms with Crippen molar-refractivity contribution in [2.75, 3.05) is 39.3 Å². The van der Waals surface area contributed by atoms with Gasteiger partial charge in [-0.3, -0.25) is 4.79 Å². The Bertz CT molecular complexity index is 789. The molecule has 3 aliphatic rings. The minimum absolute atomic E-state index is 0.0545. The zero-order chi connectivity index (χ0) is 20.3. The van der Waals surface area contributed by atoms with Gasteiger partial charge < -0.3 is 9.80 Å². The third kappa shape index (κ3) is 5.01. The third-order valence-corrected chi connectivity index (χ3v) is 8.83. The van der Waals surface area contributed by atoms with Crippen LogP contribution in [0.15, 0.2) is 30.3 Å². The molecule has 2 saturated heterocycles. The topological polar surface area (TPSA) is 62.1 Å². The van der Waals surface area contributed by atoms with Crippen LogP contribution in [0, 0.1) is 5.92 Å². The lowest BCUT2D eigenvalue weighted by Gasteiger charge is -2.44. The minimum Gasteiger partial charge on any atom is -0.335 e. The van der Waals surface area contributed by atoms with Crippen molar-refractivity contribution >= 4 is 15.9 Å². The van der Waals surface area contributed by atoms with E-state index in [0.29, 0.717) is 44.7 Å². The van der Waals surface area contributed by atoms with E-state index in [4.69, 9.17) is 0 Å². The number of amides is 1. The second-order valence-electron chi connectivity index (χ2n) is 8.91. The van der Waals surface area contributed by atoms with Gasteiger partial charge in [-0.1, -0.05) is 43.2 Å². The molecule has 0 bridgehead atoms. The number of nitrogens with one attached hydrogen (secondary N) is 1. The maximum Gasteiger partial charge on any atom is 0.278 e. The second-order valence-corrected chi connectivity index (χ2v) is 10.9. The smallest absolute Gasteiger partial charge is 0.278 e. The summed E-state index contributed by atoms with van der Waals surface area (Å²) in [5.41, 5.74) is 0.824. The third-order valence-electron chi connectivity index (χ3n) is 6.98. The molecule has 7 heteroatoms. The van der Waals surface area contributed by atoms with Gasteiger partial charge in [0.05, 0.1) is 31.9 Å². The monoisotopic (exact) mass is 420 g/mol. The molecule has 1 N–H and O–H groups in total. The fourth-order valence-electron chi connectivity index (χ4n) is 5.38. The molecule has 0 radical (unpaired) electrons. The first-order chi connectivity index (χ1) is 14.0. The Hall–Kier alpha value is -1.44. The molecule has 0 spiro atoms. The number of quaternary nitrogens is 1. The molecule has 1 aromatic rings.